The van der Waals surface area contributed by atoms with E-state index < -0.39 is 6.10 Å². The quantitative estimate of drug-likeness (QED) is 0.900. The summed E-state index contributed by atoms with van der Waals surface area (Å²) in [4.78, 5) is 24.1. The number of rotatable bonds is 5. The van der Waals surface area contributed by atoms with Crippen LogP contribution in [-0.4, -0.2) is 27.8 Å². The third-order valence-corrected chi connectivity index (χ3v) is 4.00. The van der Waals surface area contributed by atoms with Crippen molar-refractivity contribution in [1.29, 1.82) is 0 Å². The van der Waals surface area contributed by atoms with Gasteiger partial charge in [0.1, 0.15) is 0 Å². The highest BCUT2D eigenvalue weighted by Crippen LogP contribution is 2.20. The first-order chi connectivity index (χ1) is 11.4. The highest BCUT2D eigenvalue weighted by atomic mass is 35.5. The minimum absolute atomic E-state index is 0.184. The first kappa shape index (κ1) is 16.5. The molecular weight excluding hydrogens is 330 g/mol. The Morgan fingerprint density at radius 2 is 2.12 bits per heavy atom. The maximum Gasteiger partial charge on any atom is 0.271 e. The van der Waals surface area contributed by atoms with Gasteiger partial charge in [0.25, 0.3) is 11.5 Å². The van der Waals surface area contributed by atoms with Crippen molar-refractivity contribution in [3.63, 3.8) is 0 Å². The van der Waals surface area contributed by atoms with Gasteiger partial charge < -0.3 is 10.1 Å². The number of hydrogen-bond donors (Lipinski definition) is 1. The van der Waals surface area contributed by atoms with Gasteiger partial charge in [-0.3, -0.25) is 9.59 Å². The first-order valence-corrected chi connectivity index (χ1v) is 8.16. The molecule has 1 fully saturated rings. The number of hydrogen-bond acceptors (Lipinski definition) is 4. The van der Waals surface area contributed by atoms with Crippen molar-refractivity contribution in [2.75, 3.05) is 0 Å². The predicted molar refractivity (Wildman–Crippen MR) is 90.8 cm³/mol. The minimum Gasteiger partial charge on any atom is -0.464 e. The molecule has 1 amide bonds. The van der Waals surface area contributed by atoms with Crippen LogP contribution in [0.25, 0.3) is 5.69 Å². The predicted octanol–water partition coefficient (Wildman–Crippen LogP) is 2.24. The molecule has 24 heavy (non-hydrogen) atoms. The van der Waals surface area contributed by atoms with Crippen LogP contribution in [0.3, 0.4) is 0 Å². The lowest BCUT2D eigenvalue weighted by Gasteiger charge is -2.15. The molecule has 3 rings (SSSR count). The van der Waals surface area contributed by atoms with Crippen LogP contribution in [0.4, 0.5) is 0 Å². The molecule has 0 spiro atoms. The number of nitrogens with zero attached hydrogens (tertiary/aromatic N) is 2. The molecule has 0 saturated heterocycles. The fourth-order valence-electron chi connectivity index (χ4n) is 2.22. The summed E-state index contributed by atoms with van der Waals surface area (Å²) < 4.78 is 6.80. The third kappa shape index (κ3) is 3.76. The molecule has 126 valence electrons. The molecule has 1 unspecified atom stereocenters. The summed E-state index contributed by atoms with van der Waals surface area (Å²) in [5, 5.41) is 7.58. The summed E-state index contributed by atoms with van der Waals surface area (Å²) in [5.41, 5.74) is 1.13. The van der Waals surface area contributed by atoms with Gasteiger partial charge >= 0.3 is 0 Å². The fourth-order valence-corrected chi connectivity index (χ4v) is 2.39. The van der Waals surface area contributed by atoms with Crippen molar-refractivity contribution in [3.8, 4) is 11.6 Å². The number of aromatic nitrogens is 2. The van der Waals surface area contributed by atoms with Gasteiger partial charge in [-0.1, -0.05) is 17.7 Å². The molecule has 0 aliphatic heterocycles. The first-order valence-electron chi connectivity index (χ1n) is 7.78. The Balaban J connectivity index is 1.84. The molecule has 1 aliphatic rings. The van der Waals surface area contributed by atoms with Crippen LogP contribution in [-0.2, 0) is 4.79 Å². The van der Waals surface area contributed by atoms with E-state index in [1.54, 1.807) is 19.1 Å². The lowest BCUT2D eigenvalue weighted by Crippen LogP contribution is -2.38. The Morgan fingerprint density at radius 3 is 2.83 bits per heavy atom. The zero-order valence-electron chi connectivity index (χ0n) is 13.5. The van der Waals surface area contributed by atoms with Crippen LogP contribution in [0.1, 0.15) is 25.3 Å². The molecule has 1 aliphatic carbocycles. The van der Waals surface area contributed by atoms with Gasteiger partial charge in [-0.2, -0.15) is 4.68 Å². The Kier molecular flexibility index (Phi) is 4.57. The van der Waals surface area contributed by atoms with Crippen LogP contribution < -0.4 is 15.6 Å². The number of amides is 1. The van der Waals surface area contributed by atoms with Crippen molar-refractivity contribution in [3.05, 3.63) is 51.3 Å². The molecule has 1 aromatic carbocycles. The van der Waals surface area contributed by atoms with Crippen LogP contribution in [0.5, 0.6) is 5.88 Å². The fraction of sp³-hybridized carbons (Fsp3) is 0.353. The highest BCUT2D eigenvalue weighted by molar-refractivity contribution is 6.30. The Labute approximate surface area is 144 Å². The number of halogens is 1. The molecule has 0 radical (unpaired) electrons. The van der Waals surface area contributed by atoms with Crippen molar-refractivity contribution in [1.82, 2.24) is 15.1 Å². The summed E-state index contributed by atoms with van der Waals surface area (Å²) in [7, 11) is 0. The van der Waals surface area contributed by atoms with Crippen LogP contribution in [0.2, 0.25) is 5.02 Å². The third-order valence-electron chi connectivity index (χ3n) is 3.77. The second-order valence-corrected chi connectivity index (χ2v) is 6.33. The topological polar surface area (TPSA) is 73.2 Å². The van der Waals surface area contributed by atoms with E-state index in [0.717, 1.165) is 18.4 Å². The largest absolute Gasteiger partial charge is 0.464 e. The molecule has 6 nitrogen and oxygen atoms in total. The number of benzene rings is 1. The van der Waals surface area contributed by atoms with E-state index in [1.165, 1.54) is 16.8 Å². The Morgan fingerprint density at radius 1 is 1.38 bits per heavy atom. The lowest BCUT2D eigenvalue weighted by molar-refractivity contribution is -0.127. The second-order valence-electron chi connectivity index (χ2n) is 5.90. The van der Waals surface area contributed by atoms with Crippen molar-refractivity contribution >= 4 is 17.5 Å². The molecule has 1 N–H and O–H groups in total. The zero-order valence-corrected chi connectivity index (χ0v) is 14.2. The van der Waals surface area contributed by atoms with Crippen LogP contribution in [0, 0.1) is 6.92 Å². The van der Waals surface area contributed by atoms with E-state index >= 15 is 0 Å². The monoisotopic (exact) mass is 347 g/mol. The summed E-state index contributed by atoms with van der Waals surface area (Å²) in [6.45, 7) is 3.51. The Hall–Kier alpha value is -2.34. The molecule has 1 saturated carbocycles. The summed E-state index contributed by atoms with van der Waals surface area (Å²) >= 11 is 6.01. The van der Waals surface area contributed by atoms with Crippen LogP contribution >= 0.6 is 11.6 Å². The normalized spacial score (nSPS) is 15.0. The summed E-state index contributed by atoms with van der Waals surface area (Å²) in [6, 6.07) is 8.30. The van der Waals surface area contributed by atoms with E-state index in [2.05, 4.69) is 10.4 Å². The van der Waals surface area contributed by atoms with Crippen LogP contribution in [0.15, 0.2) is 35.1 Å². The molecular formula is C17H18ClN3O3. The molecule has 1 aromatic heterocycles. The van der Waals surface area contributed by atoms with E-state index in [0.29, 0.717) is 10.7 Å². The highest BCUT2D eigenvalue weighted by Gasteiger charge is 2.26. The van der Waals surface area contributed by atoms with Gasteiger partial charge in [0.2, 0.25) is 5.88 Å². The minimum atomic E-state index is -0.690. The van der Waals surface area contributed by atoms with E-state index in [4.69, 9.17) is 16.3 Å². The average molecular weight is 348 g/mol. The smallest absolute Gasteiger partial charge is 0.271 e. The van der Waals surface area contributed by atoms with Gasteiger partial charge in [-0.05, 0) is 44.4 Å². The molecule has 0 bridgehead atoms. The second kappa shape index (κ2) is 6.65. The number of carbonyl (C=O) groups excluding carboxylic acids is 1. The van der Waals surface area contributed by atoms with Gasteiger partial charge in [-0.15, -0.1) is 5.10 Å². The SMILES string of the molecule is Cc1ccc(Cl)cc1-n1nc(OC(C)C(=O)NC2CC2)ccc1=O. The van der Waals surface area contributed by atoms with Gasteiger partial charge in [0, 0.05) is 23.2 Å². The van der Waals surface area contributed by atoms with E-state index in [-0.39, 0.29) is 23.4 Å². The van der Waals surface area contributed by atoms with Gasteiger partial charge in [-0.25, -0.2) is 0 Å². The number of nitrogens with one attached hydrogen (secondary N) is 1. The van der Waals surface area contributed by atoms with E-state index in [9.17, 15) is 9.59 Å². The molecule has 7 heteroatoms. The maximum absolute atomic E-state index is 12.1. The molecule has 1 atom stereocenters. The average Bonchev–Trinajstić information content (AvgIpc) is 3.35. The van der Waals surface area contributed by atoms with Gasteiger partial charge in [0.15, 0.2) is 6.10 Å². The Bertz CT molecular complexity index is 830. The molecule has 1 heterocycles. The summed E-state index contributed by atoms with van der Waals surface area (Å²) in [5.74, 6) is 0.0170. The van der Waals surface area contributed by atoms with Crippen molar-refractivity contribution in [2.45, 2.75) is 38.8 Å². The lowest BCUT2D eigenvalue weighted by atomic mass is 10.2. The number of aryl methyl sites for hydroxylation is 1. The maximum atomic E-state index is 12.1. The number of carbonyl (C=O) groups is 1. The summed E-state index contributed by atoms with van der Waals surface area (Å²) in [6.07, 6.45) is 1.33. The zero-order chi connectivity index (χ0) is 17.3. The standard InChI is InChI=1S/C17H18ClN3O3/c1-10-3-4-12(18)9-14(10)21-16(22)8-7-15(20-21)24-11(2)17(23)19-13-5-6-13/h3-4,7-9,11,13H,5-6H2,1-2H3,(H,19,23). The molecule has 2 aromatic rings. The number of ether oxygens (including phenoxy) is 1. The van der Waals surface area contributed by atoms with Crippen molar-refractivity contribution < 1.29 is 9.53 Å². The van der Waals surface area contributed by atoms with Crippen molar-refractivity contribution in [2.24, 2.45) is 0 Å². The van der Waals surface area contributed by atoms with Gasteiger partial charge in [0.05, 0.1) is 5.69 Å². The van der Waals surface area contributed by atoms with E-state index in [1.807, 2.05) is 13.0 Å².